The third-order valence-electron chi connectivity index (χ3n) is 3.82. The van der Waals surface area contributed by atoms with Crippen LogP contribution in [0.25, 0.3) is 0 Å². The Morgan fingerprint density at radius 1 is 1.53 bits per heavy atom. The Morgan fingerprint density at radius 2 is 2.35 bits per heavy atom. The van der Waals surface area contributed by atoms with Gasteiger partial charge in [-0.2, -0.15) is 0 Å². The van der Waals surface area contributed by atoms with Crippen LogP contribution in [0.2, 0.25) is 0 Å². The van der Waals surface area contributed by atoms with Gasteiger partial charge in [0, 0.05) is 18.8 Å². The first-order valence-corrected chi connectivity index (χ1v) is 5.87. The predicted molar refractivity (Wildman–Crippen MR) is 60.8 cm³/mol. The van der Waals surface area contributed by atoms with Crippen molar-refractivity contribution in [3.8, 4) is 0 Å². The number of pyridine rings is 1. The number of carbonyl (C=O) groups is 1. The van der Waals surface area contributed by atoms with Crippen LogP contribution < -0.4 is 5.73 Å². The highest BCUT2D eigenvalue weighted by Gasteiger charge is 2.41. The van der Waals surface area contributed by atoms with E-state index in [1.54, 1.807) is 4.90 Å². The number of nitrogens with zero attached hydrogens (tertiary/aromatic N) is 2. The van der Waals surface area contributed by atoms with E-state index < -0.39 is 5.82 Å². The Hall–Kier alpha value is -1.65. The topological polar surface area (TPSA) is 59.2 Å². The lowest BCUT2D eigenvalue weighted by molar-refractivity contribution is 0.0699. The molecule has 2 heterocycles. The Kier molecular flexibility index (Phi) is 2.28. The minimum atomic E-state index is -0.694. The highest BCUT2D eigenvalue weighted by Crippen LogP contribution is 2.38. The molecule has 5 heteroatoms. The molecule has 4 nitrogen and oxygen atoms in total. The molecule has 1 aromatic rings. The van der Waals surface area contributed by atoms with Gasteiger partial charge in [0.05, 0.1) is 5.56 Å². The highest BCUT2D eigenvalue weighted by molar-refractivity contribution is 5.95. The molecule has 2 N–H and O–H groups in total. The van der Waals surface area contributed by atoms with Gasteiger partial charge < -0.3 is 10.6 Å². The number of anilines is 1. The van der Waals surface area contributed by atoms with E-state index in [1.165, 1.54) is 18.7 Å². The maximum atomic E-state index is 13.7. The van der Waals surface area contributed by atoms with Crippen LogP contribution in [0.15, 0.2) is 12.3 Å². The van der Waals surface area contributed by atoms with E-state index in [-0.39, 0.29) is 17.3 Å². The average Bonchev–Trinajstić information content (AvgIpc) is 2.94. The number of nitrogens with two attached hydrogens (primary N) is 1. The molecule has 1 amide bonds. The van der Waals surface area contributed by atoms with E-state index >= 15 is 0 Å². The molecule has 17 heavy (non-hydrogen) atoms. The van der Waals surface area contributed by atoms with E-state index in [0.29, 0.717) is 12.0 Å². The second kappa shape index (κ2) is 3.68. The Balaban J connectivity index is 1.89. The standard InChI is InChI=1S/C12H14FN3O/c13-10-9(3-4-15-11(10)14)12(17)16-6-7-1-2-8(16)5-7/h3-4,7-8H,1-2,5-6H2,(H2,14,15). The number of rotatable bonds is 1. The summed E-state index contributed by atoms with van der Waals surface area (Å²) in [5, 5.41) is 0. The molecule has 2 bridgehead atoms. The molecule has 1 saturated carbocycles. The van der Waals surface area contributed by atoms with Gasteiger partial charge in [-0.3, -0.25) is 4.79 Å². The summed E-state index contributed by atoms with van der Waals surface area (Å²) in [5.74, 6) is -0.546. The fourth-order valence-corrected chi connectivity index (χ4v) is 2.95. The summed E-state index contributed by atoms with van der Waals surface area (Å²) in [7, 11) is 0. The third-order valence-corrected chi connectivity index (χ3v) is 3.82. The van der Waals surface area contributed by atoms with E-state index in [0.717, 1.165) is 19.4 Å². The van der Waals surface area contributed by atoms with Crippen LogP contribution in [0, 0.1) is 11.7 Å². The number of aromatic nitrogens is 1. The summed E-state index contributed by atoms with van der Waals surface area (Å²) in [6, 6.07) is 1.70. The van der Waals surface area contributed by atoms with Crippen LogP contribution in [0.5, 0.6) is 0 Å². The summed E-state index contributed by atoms with van der Waals surface area (Å²) >= 11 is 0. The van der Waals surface area contributed by atoms with E-state index in [2.05, 4.69) is 4.98 Å². The monoisotopic (exact) mass is 235 g/mol. The number of piperidine rings is 1. The van der Waals surface area contributed by atoms with Crippen molar-refractivity contribution in [3.63, 3.8) is 0 Å². The molecule has 2 fully saturated rings. The molecule has 2 atom stereocenters. The maximum Gasteiger partial charge on any atom is 0.257 e. The van der Waals surface area contributed by atoms with Gasteiger partial charge in [0.25, 0.3) is 5.91 Å². The molecule has 3 rings (SSSR count). The van der Waals surface area contributed by atoms with Crippen molar-refractivity contribution in [1.82, 2.24) is 9.88 Å². The first kappa shape index (κ1) is 10.5. The maximum absolute atomic E-state index is 13.7. The summed E-state index contributed by atoms with van der Waals surface area (Å²) < 4.78 is 13.7. The SMILES string of the molecule is Nc1nccc(C(=O)N2CC3CCC2C3)c1F. The highest BCUT2D eigenvalue weighted by atomic mass is 19.1. The second-order valence-corrected chi connectivity index (χ2v) is 4.85. The molecular weight excluding hydrogens is 221 g/mol. The lowest BCUT2D eigenvalue weighted by atomic mass is 10.1. The smallest absolute Gasteiger partial charge is 0.257 e. The van der Waals surface area contributed by atoms with Crippen LogP contribution >= 0.6 is 0 Å². The average molecular weight is 235 g/mol. The van der Waals surface area contributed by atoms with Gasteiger partial charge >= 0.3 is 0 Å². The minimum Gasteiger partial charge on any atom is -0.381 e. The molecule has 1 saturated heterocycles. The summed E-state index contributed by atoms with van der Waals surface area (Å²) in [6.45, 7) is 0.755. The van der Waals surface area contributed by atoms with Crippen molar-refractivity contribution in [3.05, 3.63) is 23.6 Å². The summed E-state index contributed by atoms with van der Waals surface area (Å²) in [4.78, 5) is 17.6. The van der Waals surface area contributed by atoms with Crippen LogP contribution in [-0.4, -0.2) is 28.4 Å². The quantitative estimate of drug-likeness (QED) is 0.801. The number of carbonyl (C=O) groups excluding carboxylic acids is 1. The van der Waals surface area contributed by atoms with Crippen LogP contribution in [-0.2, 0) is 0 Å². The number of hydrogen-bond donors (Lipinski definition) is 1. The fourth-order valence-electron chi connectivity index (χ4n) is 2.95. The molecule has 0 radical (unpaired) electrons. The fraction of sp³-hybridized carbons (Fsp3) is 0.500. The number of halogens is 1. The lowest BCUT2D eigenvalue weighted by Crippen LogP contribution is -2.38. The zero-order chi connectivity index (χ0) is 12.0. The minimum absolute atomic E-state index is 0.0463. The van der Waals surface area contributed by atoms with Gasteiger partial charge in [-0.1, -0.05) is 0 Å². The van der Waals surface area contributed by atoms with E-state index in [1.807, 2.05) is 0 Å². The van der Waals surface area contributed by atoms with Gasteiger partial charge in [0.1, 0.15) is 0 Å². The van der Waals surface area contributed by atoms with Gasteiger partial charge in [0.15, 0.2) is 11.6 Å². The first-order valence-electron chi connectivity index (χ1n) is 5.87. The Bertz CT molecular complexity index is 477. The van der Waals surface area contributed by atoms with Crippen molar-refractivity contribution < 1.29 is 9.18 Å². The third kappa shape index (κ3) is 1.57. The van der Waals surface area contributed by atoms with Crippen molar-refractivity contribution in [2.24, 2.45) is 5.92 Å². The normalized spacial score (nSPS) is 26.5. The molecule has 0 aromatic carbocycles. The molecule has 2 unspecified atom stereocenters. The first-order chi connectivity index (χ1) is 8.16. The van der Waals surface area contributed by atoms with Gasteiger partial charge in [-0.05, 0) is 31.2 Å². The predicted octanol–water partition coefficient (Wildman–Crippen LogP) is 1.43. The van der Waals surface area contributed by atoms with Crippen molar-refractivity contribution in [1.29, 1.82) is 0 Å². The van der Waals surface area contributed by atoms with E-state index in [4.69, 9.17) is 5.73 Å². The van der Waals surface area contributed by atoms with E-state index in [9.17, 15) is 9.18 Å². The summed E-state index contributed by atoms with van der Waals surface area (Å²) in [5.41, 5.74) is 5.42. The number of amides is 1. The van der Waals surface area contributed by atoms with Crippen molar-refractivity contribution in [2.75, 3.05) is 12.3 Å². The van der Waals surface area contributed by atoms with Gasteiger partial charge in [-0.25, -0.2) is 9.37 Å². The Labute approximate surface area is 98.6 Å². The zero-order valence-electron chi connectivity index (χ0n) is 9.40. The molecule has 1 aromatic heterocycles. The summed E-state index contributed by atoms with van der Waals surface area (Å²) in [6.07, 6.45) is 4.67. The molecule has 90 valence electrons. The largest absolute Gasteiger partial charge is 0.381 e. The van der Waals surface area contributed by atoms with Gasteiger partial charge in [-0.15, -0.1) is 0 Å². The molecular formula is C12H14FN3O. The number of fused-ring (bicyclic) bond motifs is 2. The van der Waals surface area contributed by atoms with Gasteiger partial charge in [0.2, 0.25) is 0 Å². The number of likely N-dealkylation sites (tertiary alicyclic amines) is 1. The molecule has 0 spiro atoms. The van der Waals surface area contributed by atoms with Crippen LogP contribution in [0.3, 0.4) is 0 Å². The Morgan fingerprint density at radius 3 is 3.00 bits per heavy atom. The van der Waals surface area contributed by atoms with Crippen molar-refractivity contribution >= 4 is 11.7 Å². The lowest BCUT2D eigenvalue weighted by Gasteiger charge is -2.27. The molecule has 1 aliphatic carbocycles. The molecule has 2 aliphatic rings. The van der Waals surface area contributed by atoms with Crippen molar-refractivity contribution in [2.45, 2.75) is 25.3 Å². The van der Waals surface area contributed by atoms with Crippen LogP contribution in [0.4, 0.5) is 10.2 Å². The number of hydrogen-bond acceptors (Lipinski definition) is 3. The second-order valence-electron chi connectivity index (χ2n) is 4.85. The zero-order valence-corrected chi connectivity index (χ0v) is 9.40. The van der Waals surface area contributed by atoms with Crippen LogP contribution in [0.1, 0.15) is 29.6 Å². The molecule has 1 aliphatic heterocycles. The number of nitrogen functional groups attached to an aromatic ring is 1.